The molecule has 6 heteroatoms. The zero-order valence-corrected chi connectivity index (χ0v) is 19.5. The van der Waals surface area contributed by atoms with Gasteiger partial charge in [-0.1, -0.05) is 88.0 Å². The van der Waals surface area contributed by atoms with Gasteiger partial charge in [0.25, 0.3) is 0 Å². The summed E-state index contributed by atoms with van der Waals surface area (Å²) in [4.78, 5) is 0. The molecule has 0 aliphatic rings. The van der Waals surface area contributed by atoms with Crippen molar-refractivity contribution in [2.45, 2.75) is 57.2 Å². The molecule has 29 heavy (non-hydrogen) atoms. The molecule has 2 rings (SSSR count). The van der Waals surface area contributed by atoms with Gasteiger partial charge in [-0.05, 0) is 41.7 Å². The predicted molar refractivity (Wildman–Crippen MR) is 125 cm³/mol. The molecule has 160 valence electrons. The van der Waals surface area contributed by atoms with E-state index in [2.05, 4.69) is 37.1 Å². The number of nitrogens with one attached hydrogen (secondary N) is 2. The van der Waals surface area contributed by atoms with Crippen LogP contribution in [0.3, 0.4) is 0 Å². The summed E-state index contributed by atoms with van der Waals surface area (Å²) in [5, 5.41) is 0.900. The van der Waals surface area contributed by atoms with Crippen molar-refractivity contribution in [1.82, 2.24) is 9.44 Å². The fourth-order valence-electron chi connectivity index (χ4n) is 2.80. The first-order chi connectivity index (χ1) is 13.7. The highest BCUT2D eigenvalue weighted by Crippen LogP contribution is 2.29. The van der Waals surface area contributed by atoms with E-state index in [1.54, 1.807) is 37.1 Å². The van der Waals surface area contributed by atoms with Crippen molar-refractivity contribution in [2.75, 3.05) is 13.1 Å². The minimum absolute atomic E-state index is 0.201. The molecule has 2 N–H and O–H groups in total. The number of benzene rings is 2. The maximum Gasteiger partial charge on any atom is 0.146 e. The van der Waals surface area contributed by atoms with Crippen LogP contribution in [0.4, 0.5) is 8.78 Å². The predicted octanol–water partition coefficient (Wildman–Crippen LogP) is 6.51. The molecule has 0 fully saturated rings. The lowest BCUT2D eigenvalue weighted by atomic mass is 9.95. The SMILES string of the molecule is CC(C)SNCCc1ccc(-c2ccc(C(C)(F)CNSC(C)C)cc2)cc1F. The molecule has 2 nitrogen and oxygen atoms in total. The van der Waals surface area contributed by atoms with Crippen LogP contribution in [-0.2, 0) is 12.1 Å². The molecule has 0 spiro atoms. The van der Waals surface area contributed by atoms with Crippen molar-refractivity contribution in [3.63, 3.8) is 0 Å². The van der Waals surface area contributed by atoms with Crippen LogP contribution in [0.5, 0.6) is 0 Å². The molecule has 1 unspecified atom stereocenters. The Hall–Kier alpha value is -1.08. The minimum atomic E-state index is -1.46. The highest BCUT2D eigenvalue weighted by atomic mass is 32.2. The number of hydrogen-bond acceptors (Lipinski definition) is 4. The summed E-state index contributed by atoms with van der Waals surface area (Å²) < 4.78 is 35.8. The van der Waals surface area contributed by atoms with E-state index < -0.39 is 5.67 Å². The van der Waals surface area contributed by atoms with E-state index in [0.29, 0.717) is 28.0 Å². The number of halogens is 2. The van der Waals surface area contributed by atoms with Crippen LogP contribution in [0.25, 0.3) is 11.1 Å². The average molecular weight is 439 g/mol. The van der Waals surface area contributed by atoms with E-state index in [9.17, 15) is 8.78 Å². The van der Waals surface area contributed by atoms with Gasteiger partial charge in [-0.25, -0.2) is 8.78 Å². The Morgan fingerprint density at radius 3 is 2.07 bits per heavy atom. The van der Waals surface area contributed by atoms with Crippen LogP contribution in [0, 0.1) is 5.82 Å². The third-order valence-corrected chi connectivity index (χ3v) is 6.04. The maximum atomic E-state index is 15.0. The van der Waals surface area contributed by atoms with E-state index in [0.717, 1.165) is 17.7 Å². The van der Waals surface area contributed by atoms with E-state index in [4.69, 9.17) is 0 Å². The topological polar surface area (TPSA) is 24.1 Å². The van der Waals surface area contributed by atoms with Crippen LogP contribution in [0.15, 0.2) is 42.5 Å². The summed E-state index contributed by atoms with van der Waals surface area (Å²) in [6.07, 6.45) is 0.645. The van der Waals surface area contributed by atoms with Gasteiger partial charge in [0.1, 0.15) is 11.5 Å². The smallest absolute Gasteiger partial charge is 0.146 e. The zero-order chi connectivity index (χ0) is 21.4. The lowest BCUT2D eigenvalue weighted by Crippen LogP contribution is -2.29. The van der Waals surface area contributed by atoms with Crippen molar-refractivity contribution in [3.05, 3.63) is 59.4 Å². The summed E-state index contributed by atoms with van der Waals surface area (Å²) in [5.74, 6) is -0.201. The number of hydrogen-bond donors (Lipinski definition) is 2. The van der Waals surface area contributed by atoms with E-state index in [-0.39, 0.29) is 12.4 Å². The second kappa shape index (κ2) is 11.3. The first kappa shape index (κ1) is 24.2. The van der Waals surface area contributed by atoms with Gasteiger partial charge in [0.15, 0.2) is 0 Å². The molecule has 0 bridgehead atoms. The Kier molecular flexibility index (Phi) is 9.47. The first-order valence-electron chi connectivity index (χ1n) is 10.0. The van der Waals surface area contributed by atoms with E-state index in [1.165, 1.54) is 11.9 Å². The molecule has 2 aromatic carbocycles. The van der Waals surface area contributed by atoms with Gasteiger partial charge in [-0.2, -0.15) is 0 Å². The molecule has 0 aromatic heterocycles. The molecule has 0 amide bonds. The largest absolute Gasteiger partial charge is 0.264 e. The summed E-state index contributed by atoms with van der Waals surface area (Å²) in [6.45, 7) is 10.9. The average Bonchev–Trinajstić information content (AvgIpc) is 2.65. The fourth-order valence-corrected chi connectivity index (χ4v) is 4.04. The Morgan fingerprint density at radius 2 is 1.48 bits per heavy atom. The molecule has 0 saturated heterocycles. The Balaban J connectivity index is 2.01. The normalized spacial score (nSPS) is 13.8. The van der Waals surface area contributed by atoms with Crippen molar-refractivity contribution in [3.8, 4) is 11.1 Å². The fraction of sp³-hybridized carbons (Fsp3) is 0.478. The summed E-state index contributed by atoms with van der Waals surface area (Å²) in [7, 11) is 0. The van der Waals surface area contributed by atoms with Gasteiger partial charge in [0.2, 0.25) is 0 Å². The molecule has 0 aliphatic heterocycles. The van der Waals surface area contributed by atoms with Crippen LogP contribution in [-0.4, -0.2) is 23.6 Å². The molecule has 0 heterocycles. The van der Waals surface area contributed by atoms with Gasteiger partial charge >= 0.3 is 0 Å². The first-order valence-corrected chi connectivity index (χ1v) is 11.8. The quantitative estimate of drug-likeness (QED) is 0.308. The molecule has 1 atom stereocenters. The van der Waals surface area contributed by atoms with Crippen LogP contribution >= 0.6 is 23.9 Å². The van der Waals surface area contributed by atoms with Gasteiger partial charge in [-0.15, -0.1) is 0 Å². The lowest BCUT2D eigenvalue weighted by Gasteiger charge is -2.22. The minimum Gasteiger partial charge on any atom is -0.264 e. The molecule has 0 radical (unpaired) electrons. The van der Waals surface area contributed by atoms with E-state index in [1.807, 2.05) is 24.3 Å². The molecular weight excluding hydrogens is 406 g/mol. The summed E-state index contributed by atoms with van der Waals surface area (Å²) in [5.41, 5.74) is 1.54. The standard InChI is InChI=1S/C23H32F2N2S2/c1-16(2)28-26-13-12-19-6-7-20(14-22(19)24)18-8-10-21(11-9-18)23(5,25)15-27-29-17(3)4/h6-11,14,16-17,26-27H,12-13,15H2,1-5H3. The van der Waals surface area contributed by atoms with E-state index >= 15 is 0 Å². The Bertz CT molecular complexity index is 762. The van der Waals surface area contributed by atoms with Crippen molar-refractivity contribution in [2.24, 2.45) is 0 Å². The molecule has 0 saturated carbocycles. The van der Waals surface area contributed by atoms with Crippen molar-refractivity contribution < 1.29 is 8.78 Å². The molecular formula is C23H32F2N2S2. The molecule has 0 aliphatic carbocycles. The van der Waals surface area contributed by atoms with Crippen LogP contribution < -0.4 is 9.44 Å². The van der Waals surface area contributed by atoms with Crippen LogP contribution in [0.2, 0.25) is 0 Å². The summed E-state index contributed by atoms with van der Waals surface area (Å²) >= 11 is 3.18. The number of alkyl halides is 1. The third kappa shape index (κ3) is 7.93. The highest BCUT2D eigenvalue weighted by molar-refractivity contribution is 7.98. The Morgan fingerprint density at radius 1 is 0.897 bits per heavy atom. The molecule has 2 aromatic rings. The number of rotatable bonds is 11. The Labute approximate surface area is 182 Å². The van der Waals surface area contributed by atoms with Gasteiger partial charge in [0.05, 0.1) is 0 Å². The third-order valence-electron chi connectivity index (χ3n) is 4.41. The second-order valence-electron chi connectivity index (χ2n) is 7.88. The zero-order valence-electron chi connectivity index (χ0n) is 17.9. The summed E-state index contributed by atoms with van der Waals surface area (Å²) in [6, 6.07) is 12.6. The van der Waals surface area contributed by atoms with Gasteiger partial charge in [-0.3, -0.25) is 9.44 Å². The van der Waals surface area contributed by atoms with Crippen molar-refractivity contribution >= 4 is 23.9 Å². The van der Waals surface area contributed by atoms with Crippen molar-refractivity contribution in [1.29, 1.82) is 0 Å². The van der Waals surface area contributed by atoms with Gasteiger partial charge < -0.3 is 0 Å². The van der Waals surface area contributed by atoms with Crippen LogP contribution in [0.1, 0.15) is 45.7 Å². The maximum absolute atomic E-state index is 15.0. The monoisotopic (exact) mass is 438 g/mol. The highest BCUT2D eigenvalue weighted by Gasteiger charge is 2.25. The second-order valence-corrected chi connectivity index (χ2v) is 10.8. The van der Waals surface area contributed by atoms with Gasteiger partial charge in [0, 0.05) is 23.6 Å². The lowest BCUT2D eigenvalue weighted by molar-refractivity contribution is 0.198.